The van der Waals surface area contributed by atoms with Gasteiger partial charge in [-0.25, -0.2) is 0 Å². The molecule has 1 saturated carbocycles. The van der Waals surface area contributed by atoms with Crippen molar-refractivity contribution >= 4 is 21.8 Å². The molecule has 2 aliphatic rings. The van der Waals surface area contributed by atoms with Crippen LogP contribution in [0.5, 0.6) is 5.75 Å². The first-order valence-corrected chi connectivity index (χ1v) is 11.2. The highest BCUT2D eigenvalue weighted by Crippen LogP contribution is 2.68. The summed E-state index contributed by atoms with van der Waals surface area (Å²) in [6.45, 7) is 0. The number of aliphatic hydroxyl groups excluding tert-OH is 1. The first-order valence-electron chi connectivity index (χ1n) is 10.4. The summed E-state index contributed by atoms with van der Waals surface area (Å²) < 4.78 is 7.46. The molecular weight excluding hydrogens is 472 g/mol. The SMILES string of the molecule is CN(C)C(=O)C1C(O)C2(O)c3ccncc3OC2(c2ccc(Br)cc2)C1c1ccccc1. The molecule has 2 aromatic carbocycles. The van der Waals surface area contributed by atoms with Crippen LogP contribution in [0.2, 0.25) is 0 Å². The van der Waals surface area contributed by atoms with E-state index < -0.39 is 29.1 Å². The molecule has 5 rings (SSSR count). The van der Waals surface area contributed by atoms with Gasteiger partial charge in [-0.3, -0.25) is 9.78 Å². The molecule has 1 fully saturated rings. The number of hydrogen-bond donors (Lipinski definition) is 2. The zero-order valence-electron chi connectivity index (χ0n) is 17.6. The Balaban J connectivity index is 1.86. The van der Waals surface area contributed by atoms with Crippen LogP contribution in [0, 0.1) is 5.92 Å². The Bertz CT molecular complexity index is 1170. The Morgan fingerprint density at radius 1 is 1.09 bits per heavy atom. The third-order valence-corrected chi connectivity index (χ3v) is 7.28. The van der Waals surface area contributed by atoms with Gasteiger partial charge < -0.3 is 19.8 Å². The van der Waals surface area contributed by atoms with E-state index in [0.717, 1.165) is 10.0 Å². The summed E-state index contributed by atoms with van der Waals surface area (Å²) in [5.41, 5.74) is -1.41. The zero-order chi connectivity index (χ0) is 22.7. The number of fused-ring (bicyclic) bond motifs is 3. The number of benzene rings is 2. The van der Waals surface area contributed by atoms with Crippen LogP contribution < -0.4 is 4.74 Å². The van der Waals surface area contributed by atoms with Crippen LogP contribution in [-0.2, 0) is 16.0 Å². The molecule has 3 aromatic rings. The summed E-state index contributed by atoms with van der Waals surface area (Å²) in [6, 6.07) is 18.6. The second kappa shape index (κ2) is 7.40. The second-order valence-corrected chi connectivity index (χ2v) is 9.49. The Morgan fingerprint density at radius 3 is 2.44 bits per heavy atom. The Labute approximate surface area is 194 Å². The highest BCUT2D eigenvalue weighted by Gasteiger charge is 2.77. The van der Waals surface area contributed by atoms with Gasteiger partial charge in [0.2, 0.25) is 5.91 Å². The first-order chi connectivity index (χ1) is 15.3. The van der Waals surface area contributed by atoms with Gasteiger partial charge in [-0.2, -0.15) is 0 Å². The molecule has 5 atom stereocenters. The number of aromatic nitrogens is 1. The number of aliphatic hydroxyl groups is 2. The molecule has 1 aromatic heterocycles. The molecule has 2 heterocycles. The second-order valence-electron chi connectivity index (χ2n) is 8.57. The van der Waals surface area contributed by atoms with E-state index in [-0.39, 0.29) is 5.91 Å². The quantitative estimate of drug-likeness (QED) is 0.584. The third-order valence-electron chi connectivity index (χ3n) is 6.76. The van der Waals surface area contributed by atoms with E-state index in [1.807, 2.05) is 54.6 Å². The van der Waals surface area contributed by atoms with Gasteiger partial charge in [0, 0.05) is 36.2 Å². The molecule has 0 radical (unpaired) electrons. The van der Waals surface area contributed by atoms with Gasteiger partial charge in [-0.15, -0.1) is 0 Å². The van der Waals surface area contributed by atoms with Crippen LogP contribution in [0.1, 0.15) is 22.6 Å². The summed E-state index contributed by atoms with van der Waals surface area (Å²) in [7, 11) is 3.31. The molecule has 32 heavy (non-hydrogen) atoms. The van der Waals surface area contributed by atoms with Gasteiger partial charge in [0.25, 0.3) is 0 Å². The van der Waals surface area contributed by atoms with E-state index in [0.29, 0.717) is 16.9 Å². The molecule has 5 unspecified atom stereocenters. The van der Waals surface area contributed by atoms with Crippen molar-refractivity contribution in [3.63, 3.8) is 0 Å². The van der Waals surface area contributed by atoms with E-state index in [1.165, 1.54) is 4.90 Å². The summed E-state index contributed by atoms with van der Waals surface area (Å²) in [5.74, 6) is -1.46. The van der Waals surface area contributed by atoms with E-state index >= 15 is 0 Å². The van der Waals surface area contributed by atoms with Gasteiger partial charge in [-0.1, -0.05) is 58.4 Å². The van der Waals surface area contributed by atoms with Crippen LogP contribution in [0.25, 0.3) is 0 Å². The highest BCUT2D eigenvalue weighted by molar-refractivity contribution is 9.10. The van der Waals surface area contributed by atoms with Gasteiger partial charge in [-0.05, 0) is 29.3 Å². The lowest BCUT2D eigenvalue weighted by atomic mass is 9.71. The van der Waals surface area contributed by atoms with E-state index in [1.54, 1.807) is 32.6 Å². The predicted octanol–water partition coefficient (Wildman–Crippen LogP) is 3.18. The van der Waals surface area contributed by atoms with E-state index in [9.17, 15) is 15.0 Å². The molecule has 0 bridgehead atoms. The average molecular weight is 495 g/mol. The number of rotatable bonds is 3. The maximum Gasteiger partial charge on any atom is 0.228 e. The van der Waals surface area contributed by atoms with Crippen molar-refractivity contribution in [2.24, 2.45) is 5.92 Å². The number of nitrogens with zero attached hydrogens (tertiary/aromatic N) is 2. The van der Waals surface area contributed by atoms with Crippen molar-refractivity contribution in [1.82, 2.24) is 9.88 Å². The van der Waals surface area contributed by atoms with Gasteiger partial charge in [0.05, 0.1) is 12.1 Å². The summed E-state index contributed by atoms with van der Waals surface area (Å²) in [5, 5.41) is 24.1. The fourth-order valence-corrected chi connectivity index (χ4v) is 5.70. The number of pyridine rings is 1. The molecular formula is C25H23BrN2O4. The number of halogens is 1. The van der Waals surface area contributed by atoms with Gasteiger partial charge in [0.15, 0.2) is 11.2 Å². The van der Waals surface area contributed by atoms with Crippen molar-refractivity contribution in [3.8, 4) is 5.75 Å². The van der Waals surface area contributed by atoms with E-state index in [4.69, 9.17) is 4.74 Å². The largest absolute Gasteiger partial charge is 0.476 e. The third kappa shape index (κ3) is 2.65. The maximum atomic E-state index is 13.4. The minimum atomic E-state index is -1.87. The molecule has 6 nitrogen and oxygen atoms in total. The minimum Gasteiger partial charge on any atom is -0.476 e. The van der Waals surface area contributed by atoms with Gasteiger partial charge in [0.1, 0.15) is 11.9 Å². The molecule has 2 N–H and O–H groups in total. The average Bonchev–Trinajstić information content (AvgIpc) is 3.18. The molecule has 1 aliphatic carbocycles. The topological polar surface area (TPSA) is 82.9 Å². The molecule has 0 spiro atoms. The normalized spacial score (nSPS) is 30.3. The highest BCUT2D eigenvalue weighted by atomic mass is 79.9. The summed E-state index contributed by atoms with van der Waals surface area (Å²) >= 11 is 3.47. The summed E-state index contributed by atoms with van der Waals surface area (Å²) in [6.07, 6.45) is 1.70. The molecule has 1 amide bonds. The fraction of sp³-hybridized carbons (Fsp3) is 0.280. The number of carbonyl (C=O) groups excluding carboxylic acids is 1. The van der Waals surface area contributed by atoms with Crippen molar-refractivity contribution in [2.75, 3.05) is 14.1 Å². The smallest absolute Gasteiger partial charge is 0.228 e. The maximum absolute atomic E-state index is 13.4. The van der Waals surface area contributed by atoms with Gasteiger partial charge >= 0.3 is 0 Å². The van der Waals surface area contributed by atoms with Crippen LogP contribution in [0.4, 0.5) is 0 Å². The first kappa shape index (κ1) is 21.1. The fourth-order valence-electron chi connectivity index (χ4n) is 5.44. The van der Waals surface area contributed by atoms with Crippen molar-refractivity contribution < 1.29 is 19.7 Å². The number of amides is 1. The number of ether oxygens (including phenoxy) is 1. The Morgan fingerprint density at radius 2 is 1.78 bits per heavy atom. The minimum absolute atomic E-state index is 0.273. The van der Waals surface area contributed by atoms with Crippen molar-refractivity contribution in [1.29, 1.82) is 0 Å². The van der Waals surface area contributed by atoms with E-state index in [2.05, 4.69) is 20.9 Å². The zero-order valence-corrected chi connectivity index (χ0v) is 19.2. The lowest BCUT2D eigenvalue weighted by Crippen LogP contribution is -2.52. The lowest BCUT2D eigenvalue weighted by Gasteiger charge is -2.40. The number of hydrogen-bond acceptors (Lipinski definition) is 5. The van der Waals surface area contributed by atoms with Crippen LogP contribution in [0.3, 0.4) is 0 Å². The number of carbonyl (C=O) groups is 1. The van der Waals surface area contributed by atoms with Crippen molar-refractivity contribution in [3.05, 3.63) is 94.2 Å². The summed E-state index contributed by atoms with van der Waals surface area (Å²) in [4.78, 5) is 19.0. The van der Waals surface area contributed by atoms with Crippen LogP contribution >= 0.6 is 15.9 Å². The standard InChI is InChI=1S/C25H23BrN2O4/c1-28(2)23(30)20-21(15-6-4-3-5-7-15)25(16-8-10-17(26)11-9-16)24(31,22(20)29)18-12-13-27-14-19(18)32-25/h3-14,20-22,29,31H,1-2H3. The molecule has 1 aliphatic heterocycles. The van der Waals surface area contributed by atoms with Crippen molar-refractivity contribution in [2.45, 2.75) is 23.2 Å². The molecule has 164 valence electrons. The Hall–Kier alpha value is -2.74. The lowest BCUT2D eigenvalue weighted by molar-refractivity contribution is -0.155. The Kier molecular flexibility index (Phi) is 4.89. The molecule has 7 heteroatoms. The van der Waals surface area contributed by atoms with Crippen LogP contribution in [0.15, 0.2) is 77.5 Å². The van der Waals surface area contributed by atoms with Crippen LogP contribution in [-0.4, -0.2) is 46.2 Å². The molecule has 0 saturated heterocycles. The monoisotopic (exact) mass is 494 g/mol. The predicted molar refractivity (Wildman–Crippen MR) is 122 cm³/mol.